The Morgan fingerprint density at radius 3 is 2.31 bits per heavy atom. The Morgan fingerprint density at radius 2 is 1.81 bits per heavy atom. The zero-order valence-corrected chi connectivity index (χ0v) is 11.5. The average Bonchev–Trinajstić information content (AvgIpc) is 2.99. The molecule has 0 aromatic rings. The van der Waals surface area contributed by atoms with Crippen molar-refractivity contribution < 1.29 is 0 Å². The molecule has 0 aromatic carbocycles. The third-order valence-corrected chi connectivity index (χ3v) is 3.00. The van der Waals surface area contributed by atoms with Crippen LogP contribution in [0.1, 0.15) is 40.5 Å². The minimum Gasteiger partial charge on any atom is -0.314 e. The second kappa shape index (κ2) is 6.58. The van der Waals surface area contributed by atoms with Crippen LogP contribution >= 0.6 is 0 Å². The molecule has 0 atom stereocenters. The second-order valence-electron chi connectivity index (χ2n) is 5.79. The highest BCUT2D eigenvalue weighted by atomic mass is 15.2. The number of hydrogen-bond acceptors (Lipinski definition) is 3. The highest BCUT2D eigenvalue weighted by Crippen LogP contribution is 2.25. The van der Waals surface area contributed by atoms with Crippen LogP contribution in [0.25, 0.3) is 0 Å². The van der Waals surface area contributed by atoms with E-state index >= 15 is 0 Å². The fourth-order valence-electron chi connectivity index (χ4n) is 1.91. The third kappa shape index (κ3) is 6.46. The lowest BCUT2D eigenvalue weighted by Crippen LogP contribution is -2.41. The smallest absolute Gasteiger partial charge is 0.0110 e. The Labute approximate surface area is 101 Å². The van der Waals surface area contributed by atoms with Gasteiger partial charge in [0.25, 0.3) is 0 Å². The molecule has 0 aliphatic heterocycles. The molecule has 3 nitrogen and oxygen atoms in total. The Hall–Kier alpha value is -0.120. The summed E-state index contributed by atoms with van der Waals surface area (Å²) in [6, 6.07) is 0.902. The molecule has 2 N–H and O–H groups in total. The van der Waals surface area contributed by atoms with Crippen LogP contribution in [0.2, 0.25) is 0 Å². The van der Waals surface area contributed by atoms with Crippen LogP contribution in [0.4, 0.5) is 0 Å². The van der Waals surface area contributed by atoms with E-state index in [-0.39, 0.29) is 5.54 Å². The molecule has 0 unspecified atom stereocenters. The van der Waals surface area contributed by atoms with Gasteiger partial charge in [-0.05, 0) is 40.2 Å². The first-order valence-electron chi connectivity index (χ1n) is 6.72. The van der Waals surface area contributed by atoms with Crippen LogP contribution in [0.15, 0.2) is 0 Å². The van der Waals surface area contributed by atoms with Crippen molar-refractivity contribution in [3.05, 3.63) is 0 Å². The summed E-state index contributed by atoms with van der Waals surface area (Å²) < 4.78 is 0. The topological polar surface area (TPSA) is 27.3 Å². The molecule has 3 heteroatoms. The lowest BCUT2D eigenvalue weighted by atomic mass is 10.1. The van der Waals surface area contributed by atoms with Crippen molar-refractivity contribution in [2.45, 2.75) is 52.1 Å². The van der Waals surface area contributed by atoms with Gasteiger partial charge in [0.2, 0.25) is 0 Å². The SMILES string of the molecule is CCN(CCNCCNC(C)(C)C)C1CC1. The summed E-state index contributed by atoms with van der Waals surface area (Å²) in [6.45, 7) is 14.5. The minimum absolute atomic E-state index is 0.241. The maximum atomic E-state index is 3.50. The van der Waals surface area contributed by atoms with Gasteiger partial charge in [-0.2, -0.15) is 0 Å². The van der Waals surface area contributed by atoms with Gasteiger partial charge in [-0.25, -0.2) is 0 Å². The molecule has 0 saturated heterocycles. The summed E-state index contributed by atoms with van der Waals surface area (Å²) in [5.41, 5.74) is 0.241. The van der Waals surface area contributed by atoms with Crippen molar-refractivity contribution >= 4 is 0 Å². The van der Waals surface area contributed by atoms with E-state index in [4.69, 9.17) is 0 Å². The van der Waals surface area contributed by atoms with E-state index in [9.17, 15) is 0 Å². The first kappa shape index (κ1) is 13.9. The van der Waals surface area contributed by atoms with Crippen molar-refractivity contribution in [1.82, 2.24) is 15.5 Å². The molecule has 1 rings (SSSR count). The van der Waals surface area contributed by atoms with Crippen molar-refractivity contribution in [2.75, 3.05) is 32.7 Å². The second-order valence-corrected chi connectivity index (χ2v) is 5.79. The van der Waals surface area contributed by atoms with Gasteiger partial charge in [-0.15, -0.1) is 0 Å². The molecule has 1 saturated carbocycles. The van der Waals surface area contributed by atoms with Gasteiger partial charge in [0.1, 0.15) is 0 Å². The molecule has 0 bridgehead atoms. The molecule has 1 aliphatic rings. The van der Waals surface area contributed by atoms with Crippen LogP contribution in [-0.2, 0) is 0 Å². The average molecular weight is 227 g/mol. The van der Waals surface area contributed by atoms with Gasteiger partial charge in [-0.1, -0.05) is 6.92 Å². The fourth-order valence-corrected chi connectivity index (χ4v) is 1.91. The van der Waals surface area contributed by atoms with Gasteiger partial charge in [-0.3, -0.25) is 4.90 Å². The van der Waals surface area contributed by atoms with E-state index < -0.39 is 0 Å². The highest BCUT2D eigenvalue weighted by molar-refractivity contribution is 4.84. The summed E-state index contributed by atoms with van der Waals surface area (Å²) >= 11 is 0. The summed E-state index contributed by atoms with van der Waals surface area (Å²) in [5, 5.41) is 6.98. The van der Waals surface area contributed by atoms with Crippen molar-refractivity contribution in [3.63, 3.8) is 0 Å². The third-order valence-electron chi connectivity index (χ3n) is 3.00. The van der Waals surface area contributed by atoms with E-state index in [1.807, 2.05) is 0 Å². The van der Waals surface area contributed by atoms with Gasteiger partial charge in [0.05, 0.1) is 0 Å². The predicted molar refractivity (Wildman–Crippen MR) is 70.9 cm³/mol. The quantitative estimate of drug-likeness (QED) is 0.615. The zero-order valence-electron chi connectivity index (χ0n) is 11.5. The van der Waals surface area contributed by atoms with E-state index in [0.29, 0.717) is 0 Å². The van der Waals surface area contributed by atoms with Crippen molar-refractivity contribution in [2.24, 2.45) is 0 Å². The first-order valence-corrected chi connectivity index (χ1v) is 6.72. The van der Waals surface area contributed by atoms with E-state index in [1.165, 1.54) is 25.9 Å². The highest BCUT2D eigenvalue weighted by Gasteiger charge is 2.26. The lowest BCUT2D eigenvalue weighted by molar-refractivity contribution is 0.276. The Kier molecular flexibility index (Phi) is 5.73. The number of hydrogen-bond donors (Lipinski definition) is 2. The fraction of sp³-hybridized carbons (Fsp3) is 1.00. The van der Waals surface area contributed by atoms with Gasteiger partial charge >= 0.3 is 0 Å². The normalized spacial score (nSPS) is 17.1. The van der Waals surface area contributed by atoms with Crippen LogP contribution in [0, 0.1) is 0 Å². The van der Waals surface area contributed by atoms with Crippen LogP contribution in [-0.4, -0.2) is 49.2 Å². The Morgan fingerprint density at radius 1 is 1.12 bits per heavy atom. The Balaban J connectivity index is 1.91. The zero-order chi connectivity index (χ0) is 12.0. The molecular formula is C13H29N3. The summed E-state index contributed by atoms with van der Waals surface area (Å²) in [6.07, 6.45) is 2.83. The van der Waals surface area contributed by atoms with E-state index in [0.717, 1.165) is 25.7 Å². The summed E-state index contributed by atoms with van der Waals surface area (Å²) in [4.78, 5) is 2.59. The van der Waals surface area contributed by atoms with Gasteiger partial charge in [0.15, 0.2) is 0 Å². The first-order chi connectivity index (χ1) is 7.53. The molecule has 0 amide bonds. The molecule has 0 radical (unpaired) electrons. The number of likely N-dealkylation sites (N-methyl/N-ethyl adjacent to an activating group) is 1. The van der Waals surface area contributed by atoms with E-state index in [1.54, 1.807) is 0 Å². The van der Waals surface area contributed by atoms with Gasteiger partial charge < -0.3 is 10.6 Å². The molecule has 0 spiro atoms. The summed E-state index contributed by atoms with van der Waals surface area (Å²) in [5.74, 6) is 0. The summed E-state index contributed by atoms with van der Waals surface area (Å²) in [7, 11) is 0. The maximum Gasteiger partial charge on any atom is 0.0110 e. The van der Waals surface area contributed by atoms with Crippen LogP contribution in [0.5, 0.6) is 0 Å². The number of nitrogens with zero attached hydrogens (tertiary/aromatic N) is 1. The number of rotatable bonds is 8. The monoisotopic (exact) mass is 227 g/mol. The molecule has 1 fully saturated rings. The minimum atomic E-state index is 0.241. The Bertz CT molecular complexity index is 182. The van der Waals surface area contributed by atoms with Crippen molar-refractivity contribution in [3.8, 4) is 0 Å². The number of nitrogens with one attached hydrogen (secondary N) is 2. The molecule has 96 valence electrons. The van der Waals surface area contributed by atoms with Gasteiger partial charge in [0, 0.05) is 37.8 Å². The molecule has 0 aromatic heterocycles. The molecule has 16 heavy (non-hydrogen) atoms. The largest absolute Gasteiger partial charge is 0.314 e. The van der Waals surface area contributed by atoms with Crippen LogP contribution < -0.4 is 10.6 Å². The lowest BCUT2D eigenvalue weighted by Gasteiger charge is -2.22. The molecular weight excluding hydrogens is 198 g/mol. The van der Waals surface area contributed by atoms with E-state index in [2.05, 4.69) is 43.2 Å². The predicted octanol–water partition coefficient (Wildman–Crippen LogP) is 1.45. The van der Waals surface area contributed by atoms with Crippen molar-refractivity contribution in [1.29, 1.82) is 0 Å². The van der Waals surface area contributed by atoms with Crippen LogP contribution in [0.3, 0.4) is 0 Å². The maximum absolute atomic E-state index is 3.50. The molecule has 0 heterocycles. The standard InChI is InChI=1S/C13H29N3/c1-5-16(12-6-7-12)11-10-14-8-9-15-13(2,3)4/h12,14-15H,5-11H2,1-4H3. The molecule has 1 aliphatic carbocycles.